The van der Waals surface area contributed by atoms with Crippen LogP contribution in [0.3, 0.4) is 0 Å². The Hall–Kier alpha value is -1.96. The van der Waals surface area contributed by atoms with Gasteiger partial charge >= 0.3 is 5.97 Å². The van der Waals surface area contributed by atoms with Crippen LogP contribution in [0.2, 0.25) is 0 Å². The molecule has 1 aliphatic rings. The zero-order valence-corrected chi connectivity index (χ0v) is 9.21. The molecule has 2 rings (SSSR count). The first kappa shape index (κ1) is 11.5. The third-order valence-electron chi connectivity index (χ3n) is 2.42. The maximum Gasteiger partial charge on any atom is 0.334 e. The lowest BCUT2D eigenvalue weighted by molar-refractivity contribution is -0.154. The van der Waals surface area contributed by atoms with Crippen LogP contribution in [-0.4, -0.2) is 62.9 Å². The van der Waals surface area contributed by atoms with Gasteiger partial charge in [-0.1, -0.05) is 0 Å². The number of aromatic nitrogens is 3. The van der Waals surface area contributed by atoms with E-state index in [0.717, 1.165) is 0 Å². The predicted octanol–water partition coefficient (Wildman–Crippen LogP) is -0.961. The van der Waals surface area contributed by atoms with Crippen LogP contribution in [-0.2, 0) is 9.53 Å². The van der Waals surface area contributed by atoms with E-state index < -0.39 is 12.1 Å². The second kappa shape index (κ2) is 4.50. The summed E-state index contributed by atoms with van der Waals surface area (Å²) >= 11 is 0. The maximum atomic E-state index is 11.9. The molecule has 0 bridgehead atoms. The van der Waals surface area contributed by atoms with E-state index in [4.69, 9.17) is 9.84 Å². The highest BCUT2D eigenvalue weighted by Crippen LogP contribution is 2.08. The van der Waals surface area contributed by atoms with Gasteiger partial charge < -0.3 is 14.7 Å². The van der Waals surface area contributed by atoms with Crippen molar-refractivity contribution < 1.29 is 19.4 Å². The Morgan fingerprint density at radius 1 is 1.59 bits per heavy atom. The molecule has 1 saturated heterocycles. The van der Waals surface area contributed by atoms with Gasteiger partial charge in [0.2, 0.25) is 5.82 Å². The van der Waals surface area contributed by atoms with Gasteiger partial charge in [0.25, 0.3) is 5.91 Å². The minimum Gasteiger partial charge on any atom is -0.479 e. The number of hydrogen-bond donors (Lipinski definition) is 2. The van der Waals surface area contributed by atoms with Crippen LogP contribution in [0, 0.1) is 6.92 Å². The molecule has 1 aromatic heterocycles. The van der Waals surface area contributed by atoms with Crippen molar-refractivity contribution in [3.05, 3.63) is 11.6 Å². The van der Waals surface area contributed by atoms with Crippen molar-refractivity contribution in [2.24, 2.45) is 0 Å². The topological polar surface area (TPSA) is 108 Å². The first-order valence-corrected chi connectivity index (χ1v) is 5.10. The molecule has 1 aliphatic heterocycles. The molecule has 0 spiro atoms. The fourth-order valence-electron chi connectivity index (χ4n) is 1.56. The summed E-state index contributed by atoms with van der Waals surface area (Å²) in [4.78, 5) is 28.0. The number of aromatic amines is 1. The SMILES string of the molecule is Cc1nc(C(=O)N2CCOC(C(=O)O)C2)n[nH]1. The number of carbonyl (C=O) groups is 2. The van der Waals surface area contributed by atoms with Crippen molar-refractivity contribution in [2.45, 2.75) is 13.0 Å². The van der Waals surface area contributed by atoms with Crippen LogP contribution in [0.4, 0.5) is 0 Å². The van der Waals surface area contributed by atoms with Gasteiger partial charge in [-0.15, -0.1) is 5.10 Å². The molecular weight excluding hydrogens is 228 g/mol. The van der Waals surface area contributed by atoms with E-state index in [9.17, 15) is 9.59 Å². The van der Waals surface area contributed by atoms with Crippen molar-refractivity contribution in [3.63, 3.8) is 0 Å². The van der Waals surface area contributed by atoms with Crippen LogP contribution >= 0.6 is 0 Å². The lowest BCUT2D eigenvalue weighted by Gasteiger charge is -2.29. The number of carboxylic acid groups (broad SMARTS) is 1. The molecule has 0 radical (unpaired) electrons. The summed E-state index contributed by atoms with van der Waals surface area (Å²) in [6.07, 6.45) is -0.979. The molecule has 0 aliphatic carbocycles. The van der Waals surface area contributed by atoms with Gasteiger partial charge in [-0.2, -0.15) is 0 Å². The highest BCUT2D eigenvalue weighted by molar-refractivity contribution is 5.91. The van der Waals surface area contributed by atoms with Gasteiger partial charge in [0.15, 0.2) is 6.10 Å². The smallest absolute Gasteiger partial charge is 0.334 e. The molecule has 0 aromatic carbocycles. The van der Waals surface area contributed by atoms with E-state index in [0.29, 0.717) is 12.4 Å². The number of nitrogens with one attached hydrogen (secondary N) is 1. The van der Waals surface area contributed by atoms with Crippen molar-refractivity contribution in [2.75, 3.05) is 19.7 Å². The number of morpholine rings is 1. The maximum absolute atomic E-state index is 11.9. The highest BCUT2D eigenvalue weighted by atomic mass is 16.5. The molecule has 1 aromatic rings. The molecule has 1 atom stereocenters. The average Bonchev–Trinajstić information content (AvgIpc) is 2.75. The van der Waals surface area contributed by atoms with Gasteiger partial charge in [-0.3, -0.25) is 9.89 Å². The van der Waals surface area contributed by atoms with Crippen molar-refractivity contribution in [3.8, 4) is 0 Å². The van der Waals surface area contributed by atoms with Crippen LogP contribution in [0.1, 0.15) is 16.4 Å². The second-order valence-electron chi connectivity index (χ2n) is 3.69. The molecule has 8 heteroatoms. The molecule has 8 nitrogen and oxygen atoms in total. The predicted molar refractivity (Wildman–Crippen MR) is 54.4 cm³/mol. The molecule has 2 heterocycles. The van der Waals surface area contributed by atoms with Crippen LogP contribution in [0.15, 0.2) is 0 Å². The van der Waals surface area contributed by atoms with Gasteiger partial charge in [-0.25, -0.2) is 9.78 Å². The summed E-state index contributed by atoms with van der Waals surface area (Å²) in [7, 11) is 0. The van der Waals surface area contributed by atoms with Crippen molar-refractivity contribution >= 4 is 11.9 Å². The van der Waals surface area contributed by atoms with Crippen molar-refractivity contribution in [1.82, 2.24) is 20.1 Å². The van der Waals surface area contributed by atoms with E-state index in [1.165, 1.54) is 4.90 Å². The number of rotatable bonds is 2. The number of carbonyl (C=O) groups excluding carboxylic acids is 1. The number of carboxylic acids is 1. The number of ether oxygens (including phenoxy) is 1. The fourth-order valence-corrected chi connectivity index (χ4v) is 1.56. The van der Waals surface area contributed by atoms with Crippen molar-refractivity contribution in [1.29, 1.82) is 0 Å². The number of amides is 1. The van der Waals surface area contributed by atoms with Crippen LogP contribution in [0.5, 0.6) is 0 Å². The van der Waals surface area contributed by atoms with E-state index in [2.05, 4.69) is 15.2 Å². The Balaban J connectivity index is 2.07. The molecule has 1 unspecified atom stereocenters. The quantitative estimate of drug-likeness (QED) is 0.689. The Morgan fingerprint density at radius 2 is 2.35 bits per heavy atom. The lowest BCUT2D eigenvalue weighted by Crippen LogP contribution is -2.48. The standard InChI is InChI=1S/C9H12N4O4/c1-5-10-7(12-11-5)8(14)13-2-3-17-6(4-13)9(15)16/h6H,2-4H2,1H3,(H,15,16)(H,10,11,12). The summed E-state index contributed by atoms with van der Waals surface area (Å²) in [5, 5.41) is 15.1. The highest BCUT2D eigenvalue weighted by Gasteiger charge is 2.30. The fraction of sp³-hybridized carbons (Fsp3) is 0.556. The van der Waals surface area contributed by atoms with Crippen LogP contribution in [0.25, 0.3) is 0 Å². The summed E-state index contributed by atoms with van der Waals surface area (Å²) in [5.74, 6) is -0.873. The Kier molecular flexibility index (Phi) is 3.05. The first-order valence-electron chi connectivity index (χ1n) is 5.10. The molecule has 1 amide bonds. The van der Waals surface area contributed by atoms with E-state index >= 15 is 0 Å². The summed E-state index contributed by atoms with van der Waals surface area (Å²) in [6.45, 7) is 2.24. The number of aliphatic carboxylic acids is 1. The summed E-state index contributed by atoms with van der Waals surface area (Å²) in [6, 6.07) is 0. The van der Waals surface area contributed by atoms with Gasteiger partial charge in [-0.05, 0) is 6.92 Å². The normalized spacial score (nSPS) is 20.3. The third-order valence-corrected chi connectivity index (χ3v) is 2.42. The zero-order valence-electron chi connectivity index (χ0n) is 9.21. The molecule has 1 fully saturated rings. The number of nitrogens with zero attached hydrogens (tertiary/aromatic N) is 3. The molecule has 92 valence electrons. The largest absolute Gasteiger partial charge is 0.479 e. The number of hydrogen-bond acceptors (Lipinski definition) is 5. The molecule has 17 heavy (non-hydrogen) atoms. The Labute approximate surface area is 96.6 Å². The summed E-state index contributed by atoms with van der Waals surface area (Å²) in [5.41, 5.74) is 0. The van der Waals surface area contributed by atoms with Gasteiger partial charge in [0, 0.05) is 6.54 Å². The minimum absolute atomic E-state index is 0.0156. The minimum atomic E-state index is -1.08. The lowest BCUT2D eigenvalue weighted by atomic mass is 10.2. The molecular formula is C9H12N4O4. The van der Waals surface area contributed by atoms with E-state index in [1.54, 1.807) is 6.92 Å². The number of H-pyrrole nitrogens is 1. The zero-order chi connectivity index (χ0) is 12.4. The Morgan fingerprint density at radius 3 is 2.94 bits per heavy atom. The number of aryl methyl sites for hydroxylation is 1. The van der Waals surface area contributed by atoms with E-state index in [1.807, 2.05) is 0 Å². The van der Waals surface area contributed by atoms with E-state index in [-0.39, 0.29) is 24.9 Å². The monoisotopic (exact) mass is 240 g/mol. The molecule has 0 saturated carbocycles. The average molecular weight is 240 g/mol. The Bertz CT molecular complexity index is 444. The van der Waals surface area contributed by atoms with Gasteiger partial charge in [0.05, 0.1) is 13.2 Å². The second-order valence-corrected chi connectivity index (χ2v) is 3.69. The molecule has 2 N–H and O–H groups in total. The van der Waals surface area contributed by atoms with Crippen LogP contribution < -0.4 is 0 Å². The summed E-state index contributed by atoms with van der Waals surface area (Å²) < 4.78 is 5.02. The van der Waals surface area contributed by atoms with Gasteiger partial charge in [0.1, 0.15) is 5.82 Å². The third kappa shape index (κ3) is 2.41. The first-order chi connectivity index (χ1) is 8.08.